The monoisotopic (exact) mass is 450 g/mol. The summed E-state index contributed by atoms with van der Waals surface area (Å²) in [5.74, 6) is -2.31. The molecule has 0 radical (unpaired) electrons. The molecular weight excluding hydrogens is 420 g/mol. The van der Waals surface area contributed by atoms with Gasteiger partial charge in [-0.25, -0.2) is 4.79 Å². The number of aliphatic hydroxyl groups is 3. The van der Waals surface area contributed by atoms with E-state index < -0.39 is 61.1 Å². The van der Waals surface area contributed by atoms with Crippen molar-refractivity contribution < 1.29 is 44.2 Å². The second kappa shape index (κ2) is 11.0. The molecule has 9 nitrogen and oxygen atoms in total. The Bertz CT molecular complexity index is 806. The van der Waals surface area contributed by atoms with Crippen LogP contribution in [0.5, 0.6) is 5.75 Å². The number of aromatic hydroxyl groups is 1. The van der Waals surface area contributed by atoms with Crippen molar-refractivity contribution in [2.45, 2.75) is 69.4 Å². The summed E-state index contributed by atoms with van der Waals surface area (Å²) in [6, 6.07) is 6.13. The van der Waals surface area contributed by atoms with E-state index in [1.54, 1.807) is 12.1 Å². The van der Waals surface area contributed by atoms with Gasteiger partial charge in [0.2, 0.25) is 0 Å². The molecule has 2 fully saturated rings. The van der Waals surface area contributed by atoms with Crippen LogP contribution in [0.25, 0.3) is 6.08 Å². The normalized spacial score (nSPS) is 33.2. The van der Waals surface area contributed by atoms with Crippen molar-refractivity contribution in [3.05, 3.63) is 35.9 Å². The maximum Gasteiger partial charge on any atom is 0.331 e. The number of hydrogen-bond donors (Lipinski definition) is 4. The number of ether oxygens (including phenoxy) is 3. The summed E-state index contributed by atoms with van der Waals surface area (Å²) in [6.45, 7) is 0.691. The van der Waals surface area contributed by atoms with Crippen molar-refractivity contribution in [3.63, 3.8) is 0 Å². The van der Waals surface area contributed by atoms with E-state index in [-0.39, 0.29) is 5.75 Å². The van der Waals surface area contributed by atoms with Gasteiger partial charge < -0.3 is 34.6 Å². The zero-order chi connectivity index (χ0) is 23.3. The molecule has 1 saturated carbocycles. The van der Waals surface area contributed by atoms with Gasteiger partial charge in [-0.15, -0.1) is 0 Å². The third-order valence-electron chi connectivity index (χ3n) is 5.86. The first-order valence-electron chi connectivity index (χ1n) is 10.8. The standard InChI is InChI=1S/C23H30O9/c1-13(25)20-21(29)23(30-17-5-3-2-4-16(17)27)31-18(12-24)22(20)32-19(28)11-8-14-6-9-15(26)10-7-14/h6-11,16-18,20-24,26-27,29H,2-5,12H2,1H3/t16-,17-,18-,20-,21-,22-,23-/m1/s1. The Kier molecular flexibility index (Phi) is 8.38. The van der Waals surface area contributed by atoms with E-state index in [2.05, 4.69) is 0 Å². The summed E-state index contributed by atoms with van der Waals surface area (Å²) in [4.78, 5) is 24.7. The van der Waals surface area contributed by atoms with Crippen molar-refractivity contribution in [2.24, 2.45) is 5.92 Å². The highest BCUT2D eigenvalue weighted by Crippen LogP contribution is 2.33. The Morgan fingerprint density at radius 2 is 1.84 bits per heavy atom. The predicted molar refractivity (Wildman–Crippen MR) is 112 cm³/mol. The number of carbonyl (C=O) groups excluding carboxylic acids is 2. The third-order valence-corrected chi connectivity index (χ3v) is 5.86. The van der Waals surface area contributed by atoms with Crippen LogP contribution >= 0.6 is 0 Å². The average Bonchev–Trinajstić information content (AvgIpc) is 2.76. The van der Waals surface area contributed by atoms with Crippen LogP contribution in [0, 0.1) is 5.92 Å². The Labute approximate surface area is 186 Å². The highest BCUT2D eigenvalue weighted by molar-refractivity contribution is 5.88. The van der Waals surface area contributed by atoms with Crippen LogP contribution in [0.1, 0.15) is 38.2 Å². The van der Waals surface area contributed by atoms with Gasteiger partial charge >= 0.3 is 5.97 Å². The third kappa shape index (κ3) is 5.93. The first kappa shape index (κ1) is 24.3. The molecule has 2 aliphatic rings. The molecule has 1 saturated heterocycles. The zero-order valence-corrected chi connectivity index (χ0v) is 17.9. The number of hydrogen-bond acceptors (Lipinski definition) is 9. The summed E-state index contributed by atoms with van der Waals surface area (Å²) in [6.07, 6.45) is -0.762. The second-order valence-corrected chi connectivity index (χ2v) is 8.21. The van der Waals surface area contributed by atoms with E-state index in [0.29, 0.717) is 18.4 Å². The number of phenols is 1. The lowest BCUT2D eigenvalue weighted by atomic mass is 9.85. The van der Waals surface area contributed by atoms with Crippen molar-refractivity contribution in [1.29, 1.82) is 0 Å². The minimum absolute atomic E-state index is 0.0886. The van der Waals surface area contributed by atoms with Crippen molar-refractivity contribution in [3.8, 4) is 5.75 Å². The Balaban J connectivity index is 1.71. The molecule has 0 bridgehead atoms. The molecule has 1 aliphatic carbocycles. The Morgan fingerprint density at radius 1 is 1.16 bits per heavy atom. The maximum absolute atomic E-state index is 12.4. The number of carbonyl (C=O) groups is 2. The molecule has 0 aromatic heterocycles. The second-order valence-electron chi connectivity index (χ2n) is 8.21. The first-order valence-corrected chi connectivity index (χ1v) is 10.8. The average molecular weight is 450 g/mol. The number of benzene rings is 1. The molecule has 1 heterocycles. The van der Waals surface area contributed by atoms with E-state index >= 15 is 0 Å². The summed E-state index contributed by atoms with van der Waals surface area (Å²) in [5, 5.41) is 40.1. The van der Waals surface area contributed by atoms with Gasteiger partial charge in [-0.05, 0) is 43.5 Å². The minimum Gasteiger partial charge on any atom is -0.508 e. The largest absolute Gasteiger partial charge is 0.508 e. The lowest BCUT2D eigenvalue weighted by Crippen LogP contribution is -2.60. The van der Waals surface area contributed by atoms with E-state index in [4.69, 9.17) is 14.2 Å². The lowest BCUT2D eigenvalue weighted by Gasteiger charge is -2.44. The number of phenolic OH excluding ortho intramolecular Hbond substituents is 1. The molecule has 9 heteroatoms. The zero-order valence-electron chi connectivity index (χ0n) is 17.9. The van der Waals surface area contributed by atoms with Gasteiger partial charge in [0.15, 0.2) is 6.29 Å². The predicted octanol–water partition coefficient (Wildman–Crippen LogP) is 0.921. The molecule has 176 valence electrons. The summed E-state index contributed by atoms with van der Waals surface area (Å²) in [5.41, 5.74) is 0.640. The quantitative estimate of drug-likeness (QED) is 0.352. The molecule has 1 aliphatic heterocycles. The van der Waals surface area contributed by atoms with Gasteiger partial charge in [0.05, 0.1) is 24.7 Å². The smallest absolute Gasteiger partial charge is 0.331 e. The molecule has 7 atom stereocenters. The molecule has 32 heavy (non-hydrogen) atoms. The molecule has 0 amide bonds. The fourth-order valence-electron chi connectivity index (χ4n) is 4.14. The van der Waals surface area contributed by atoms with Crippen molar-refractivity contribution in [1.82, 2.24) is 0 Å². The molecule has 0 unspecified atom stereocenters. The molecule has 0 spiro atoms. The minimum atomic E-state index is -1.44. The summed E-state index contributed by atoms with van der Waals surface area (Å²) in [7, 11) is 0. The lowest BCUT2D eigenvalue weighted by molar-refractivity contribution is -0.306. The van der Waals surface area contributed by atoms with Crippen LogP contribution in [0.3, 0.4) is 0 Å². The molecule has 4 N–H and O–H groups in total. The van der Waals surface area contributed by atoms with Crippen LogP contribution in [-0.2, 0) is 23.8 Å². The van der Waals surface area contributed by atoms with Crippen LogP contribution in [0.4, 0.5) is 0 Å². The van der Waals surface area contributed by atoms with E-state index in [0.717, 1.165) is 18.9 Å². The van der Waals surface area contributed by atoms with E-state index in [1.807, 2.05) is 0 Å². The highest BCUT2D eigenvalue weighted by atomic mass is 16.7. The molecule has 3 rings (SSSR count). The van der Waals surface area contributed by atoms with Crippen LogP contribution in [-0.4, -0.2) is 75.6 Å². The van der Waals surface area contributed by atoms with Gasteiger partial charge in [0.1, 0.15) is 29.8 Å². The summed E-state index contributed by atoms with van der Waals surface area (Å²) >= 11 is 0. The fourth-order valence-corrected chi connectivity index (χ4v) is 4.14. The number of aliphatic hydroxyl groups excluding tert-OH is 3. The van der Waals surface area contributed by atoms with Gasteiger partial charge in [-0.1, -0.05) is 25.0 Å². The van der Waals surface area contributed by atoms with Gasteiger partial charge in [0.25, 0.3) is 0 Å². The molecular formula is C23H30O9. The highest BCUT2D eigenvalue weighted by Gasteiger charge is 2.50. The summed E-state index contributed by atoms with van der Waals surface area (Å²) < 4.78 is 16.8. The fraction of sp³-hybridized carbons (Fsp3) is 0.565. The molecule has 1 aromatic rings. The molecule has 1 aromatic carbocycles. The van der Waals surface area contributed by atoms with Crippen LogP contribution in [0.2, 0.25) is 0 Å². The number of Topliss-reactive ketones (excluding diaryl/α,β-unsaturated/α-hetero) is 1. The van der Waals surface area contributed by atoms with Crippen LogP contribution < -0.4 is 0 Å². The van der Waals surface area contributed by atoms with Gasteiger partial charge in [-0.3, -0.25) is 4.79 Å². The SMILES string of the molecule is CC(=O)[C@@H]1[C@@H](O)[C@H](O[C@@H]2CCCC[C@H]2O)O[C@H](CO)[C@H]1OC(=O)C=Cc1ccc(O)cc1. The van der Waals surface area contributed by atoms with Crippen molar-refractivity contribution in [2.75, 3.05) is 6.61 Å². The Hall–Kier alpha value is -2.30. The van der Waals surface area contributed by atoms with Crippen molar-refractivity contribution >= 4 is 17.8 Å². The Morgan fingerprint density at radius 3 is 2.47 bits per heavy atom. The topological polar surface area (TPSA) is 143 Å². The number of ketones is 1. The van der Waals surface area contributed by atoms with E-state index in [1.165, 1.54) is 25.1 Å². The van der Waals surface area contributed by atoms with Gasteiger partial charge in [0, 0.05) is 6.08 Å². The first-order chi connectivity index (χ1) is 15.3. The van der Waals surface area contributed by atoms with Gasteiger partial charge in [-0.2, -0.15) is 0 Å². The number of rotatable bonds is 7. The number of esters is 1. The van der Waals surface area contributed by atoms with E-state index in [9.17, 15) is 30.0 Å². The van der Waals surface area contributed by atoms with Crippen LogP contribution in [0.15, 0.2) is 30.3 Å². The maximum atomic E-state index is 12.4.